The number of rotatable bonds is 12. The van der Waals surface area contributed by atoms with Gasteiger partial charge in [-0.25, -0.2) is 0 Å². The molecule has 2 aromatic carbocycles. The third kappa shape index (κ3) is 7.29. The Morgan fingerprint density at radius 1 is 0.816 bits per heavy atom. The Kier molecular flexibility index (Phi) is 10.1. The molecule has 1 aromatic heterocycles. The molecule has 1 saturated heterocycles. The highest BCUT2D eigenvalue weighted by molar-refractivity contribution is 7.12. The van der Waals surface area contributed by atoms with E-state index < -0.39 is 0 Å². The van der Waals surface area contributed by atoms with E-state index in [1.807, 2.05) is 28.4 Å². The van der Waals surface area contributed by atoms with Crippen molar-refractivity contribution in [3.8, 4) is 17.2 Å². The molecule has 7 heteroatoms. The topological polar surface area (TPSA) is 51.2 Å². The molecule has 204 valence electrons. The van der Waals surface area contributed by atoms with Gasteiger partial charge < -0.3 is 19.1 Å². The van der Waals surface area contributed by atoms with Gasteiger partial charge in [0.05, 0.1) is 21.3 Å². The zero-order valence-corrected chi connectivity index (χ0v) is 23.9. The van der Waals surface area contributed by atoms with E-state index >= 15 is 0 Å². The molecule has 2 heterocycles. The van der Waals surface area contributed by atoms with E-state index in [-0.39, 0.29) is 5.91 Å². The van der Waals surface area contributed by atoms with Crippen molar-refractivity contribution in [1.29, 1.82) is 0 Å². The van der Waals surface area contributed by atoms with Gasteiger partial charge in [0.1, 0.15) is 0 Å². The first-order chi connectivity index (χ1) is 18.5. The van der Waals surface area contributed by atoms with Gasteiger partial charge in [-0.05, 0) is 49.9 Å². The van der Waals surface area contributed by atoms with Gasteiger partial charge in [-0.15, -0.1) is 11.3 Å². The number of hydrogen-bond acceptors (Lipinski definition) is 6. The van der Waals surface area contributed by atoms with Crippen LogP contribution in [0.2, 0.25) is 0 Å². The Hall–Kier alpha value is -3.03. The van der Waals surface area contributed by atoms with E-state index in [0.29, 0.717) is 23.7 Å². The lowest BCUT2D eigenvalue weighted by molar-refractivity contribution is -0.133. The van der Waals surface area contributed by atoms with E-state index in [9.17, 15) is 4.79 Å². The number of aryl methyl sites for hydroxylation is 2. The maximum Gasteiger partial charge on any atom is 0.222 e. The fourth-order valence-electron chi connectivity index (χ4n) is 4.98. The summed E-state index contributed by atoms with van der Waals surface area (Å²) in [4.78, 5) is 20.0. The van der Waals surface area contributed by atoms with Crippen molar-refractivity contribution in [3.05, 3.63) is 75.0 Å². The molecule has 0 saturated carbocycles. The standard InChI is InChI=1S/C31H40N2O4S/c1-23-9-11-24(12-10-23)21-27-15-14-26(38-27)7-5-6-8-29(34)33-19-17-32(18-20-33)22-25-13-16-28(35-2)31(37-4)30(25)36-3/h9-16H,5-8,17-22H2,1-4H3. The summed E-state index contributed by atoms with van der Waals surface area (Å²) in [6, 6.07) is 17.2. The van der Waals surface area contributed by atoms with Crippen LogP contribution in [0.25, 0.3) is 0 Å². The molecule has 0 bridgehead atoms. The van der Waals surface area contributed by atoms with Crippen molar-refractivity contribution in [1.82, 2.24) is 9.80 Å². The number of hydrogen-bond donors (Lipinski definition) is 0. The molecule has 38 heavy (non-hydrogen) atoms. The van der Waals surface area contributed by atoms with Crippen LogP contribution < -0.4 is 14.2 Å². The molecule has 0 aliphatic carbocycles. The molecule has 0 spiro atoms. The fourth-order valence-corrected chi connectivity index (χ4v) is 6.07. The molecule has 0 radical (unpaired) electrons. The summed E-state index contributed by atoms with van der Waals surface area (Å²) in [5.41, 5.74) is 3.71. The van der Waals surface area contributed by atoms with E-state index in [1.165, 1.54) is 20.9 Å². The van der Waals surface area contributed by atoms with Crippen LogP contribution in [0.4, 0.5) is 0 Å². The number of nitrogens with zero attached hydrogens (tertiary/aromatic N) is 2. The van der Waals surface area contributed by atoms with Crippen molar-refractivity contribution in [2.24, 2.45) is 0 Å². The number of ether oxygens (including phenoxy) is 3. The summed E-state index contributed by atoms with van der Waals surface area (Å²) >= 11 is 1.90. The minimum Gasteiger partial charge on any atom is -0.493 e. The van der Waals surface area contributed by atoms with Gasteiger partial charge in [-0.1, -0.05) is 35.9 Å². The third-order valence-corrected chi connectivity index (χ3v) is 8.33. The second-order valence-electron chi connectivity index (χ2n) is 9.89. The normalized spacial score (nSPS) is 13.9. The predicted molar refractivity (Wildman–Crippen MR) is 154 cm³/mol. The Morgan fingerprint density at radius 3 is 2.21 bits per heavy atom. The highest BCUT2D eigenvalue weighted by Crippen LogP contribution is 2.40. The lowest BCUT2D eigenvalue weighted by Crippen LogP contribution is -2.48. The average Bonchev–Trinajstić information content (AvgIpc) is 3.39. The molecule has 4 rings (SSSR count). The molecular formula is C31H40N2O4S. The highest BCUT2D eigenvalue weighted by Gasteiger charge is 2.23. The van der Waals surface area contributed by atoms with Crippen molar-refractivity contribution in [2.45, 2.75) is 45.6 Å². The first-order valence-electron chi connectivity index (χ1n) is 13.4. The number of carbonyl (C=O) groups is 1. The fraction of sp³-hybridized carbons (Fsp3) is 0.452. The van der Waals surface area contributed by atoms with Gasteiger partial charge in [0.15, 0.2) is 11.5 Å². The van der Waals surface area contributed by atoms with Crippen molar-refractivity contribution >= 4 is 17.2 Å². The number of carbonyl (C=O) groups excluding carboxylic acids is 1. The monoisotopic (exact) mass is 536 g/mol. The Bertz CT molecular complexity index is 1180. The Balaban J connectivity index is 1.17. The number of thiophene rings is 1. The summed E-state index contributed by atoms with van der Waals surface area (Å²) in [6.45, 7) is 6.10. The van der Waals surface area contributed by atoms with Crippen molar-refractivity contribution in [3.63, 3.8) is 0 Å². The second-order valence-corrected chi connectivity index (χ2v) is 11.1. The molecular weight excluding hydrogens is 496 g/mol. The molecule has 0 N–H and O–H groups in total. The number of methoxy groups -OCH3 is 3. The zero-order chi connectivity index (χ0) is 26.9. The van der Waals surface area contributed by atoms with Gasteiger partial charge in [-0.3, -0.25) is 9.69 Å². The molecule has 1 aliphatic rings. The van der Waals surface area contributed by atoms with Crippen LogP contribution in [0.15, 0.2) is 48.5 Å². The van der Waals surface area contributed by atoms with Crippen LogP contribution in [-0.2, 0) is 24.2 Å². The third-order valence-electron chi connectivity index (χ3n) is 7.18. The molecule has 1 amide bonds. The van der Waals surface area contributed by atoms with Crippen LogP contribution in [0.5, 0.6) is 17.2 Å². The van der Waals surface area contributed by atoms with Crippen LogP contribution >= 0.6 is 11.3 Å². The van der Waals surface area contributed by atoms with Gasteiger partial charge in [0, 0.05) is 60.9 Å². The average molecular weight is 537 g/mol. The highest BCUT2D eigenvalue weighted by atomic mass is 32.1. The quantitative estimate of drug-likeness (QED) is 0.277. The van der Waals surface area contributed by atoms with Crippen LogP contribution in [0.1, 0.15) is 45.7 Å². The molecule has 6 nitrogen and oxygen atoms in total. The maximum atomic E-state index is 12.8. The van der Waals surface area contributed by atoms with Gasteiger partial charge >= 0.3 is 0 Å². The molecule has 1 fully saturated rings. The van der Waals surface area contributed by atoms with E-state index in [2.05, 4.69) is 48.2 Å². The first-order valence-corrected chi connectivity index (χ1v) is 14.2. The van der Waals surface area contributed by atoms with E-state index in [0.717, 1.165) is 64.0 Å². The lowest BCUT2D eigenvalue weighted by atomic mass is 10.1. The Morgan fingerprint density at radius 2 is 1.53 bits per heavy atom. The minimum absolute atomic E-state index is 0.277. The summed E-state index contributed by atoms with van der Waals surface area (Å²) in [5.74, 6) is 2.26. The van der Waals surface area contributed by atoms with Gasteiger partial charge in [-0.2, -0.15) is 0 Å². The number of amides is 1. The van der Waals surface area contributed by atoms with Crippen LogP contribution in [0.3, 0.4) is 0 Å². The Labute approximate surface area is 231 Å². The smallest absolute Gasteiger partial charge is 0.222 e. The lowest BCUT2D eigenvalue weighted by Gasteiger charge is -2.35. The predicted octanol–water partition coefficient (Wildman–Crippen LogP) is 5.73. The largest absolute Gasteiger partial charge is 0.493 e. The molecule has 0 atom stereocenters. The summed E-state index contributed by atoms with van der Waals surface area (Å²) in [7, 11) is 4.90. The number of benzene rings is 2. The van der Waals surface area contributed by atoms with Gasteiger partial charge in [0.2, 0.25) is 11.7 Å². The molecule has 0 unspecified atom stereocenters. The zero-order valence-electron chi connectivity index (χ0n) is 23.1. The maximum absolute atomic E-state index is 12.8. The first kappa shape index (κ1) is 28.0. The summed E-state index contributed by atoms with van der Waals surface area (Å²) in [6.07, 6.45) is 4.66. The summed E-state index contributed by atoms with van der Waals surface area (Å²) < 4.78 is 16.5. The number of unbranched alkanes of at least 4 members (excludes halogenated alkanes) is 1. The summed E-state index contributed by atoms with van der Waals surface area (Å²) in [5, 5.41) is 0. The second kappa shape index (κ2) is 13.7. The molecule has 3 aromatic rings. The number of piperazine rings is 1. The minimum atomic E-state index is 0.277. The molecule has 1 aliphatic heterocycles. The van der Waals surface area contributed by atoms with Gasteiger partial charge in [0.25, 0.3) is 0 Å². The van der Waals surface area contributed by atoms with Crippen LogP contribution in [0, 0.1) is 6.92 Å². The van der Waals surface area contributed by atoms with Crippen molar-refractivity contribution in [2.75, 3.05) is 47.5 Å². The van der Waals surface area contributed by atoms with E-state index in [4.69, 9.17) is 14.2 Å². The van der Waals surface area contributed by atoms with Crippen LogP contribution in [-0.4, -0.2) is 63.2 Å². The SMILES string of the molecule is COc1ccc(CN2CCN(C(=O)CCCCc3ccc(Cc4ccc(C)cc4)s3)CC2)c(OC)c1OC. The van der Waals surface area contributed by atoms with E-state index in [1.54, 1.807) is 21.3 Å². The van der Waals surface area contributed by atoms with Crippen molar-refractivity contribution < 1.29 is 19.0 Å².